The molecule has 0 bridgehead atoms. The van der Waals surface area contributed by atoms with Gasteiger partial charge in [-0.25, -0.2) is 0 Å². The Hall–Kier alpha value is -3.36. The largest absolute Gasteiger partial charge is 0.282 e. The zero-order valence-electron chi connectivity index (χ0n) is 26.6. The molecule has 1 aromatic rings. The minimum Gasteiger partial charge on any atom is -0.282 e. The van der Waals surface area contributed by atoms with Crippen molar-refractivity contribution >= 4 is 35.4 Å². The number of hydrogen-bond acceptors (Lipinski definition) is 6. The van der Waals surface area contributed by atoms with Gasteiger partial charge in [0.15, 0.2) is 0 Å². The molecule has 3 fully saturated rings. The summed E-state index contributed by atoms with van der Waals surface area (Å²) >= 11 is 0. The molecule has 9 heteroatoms. The van der Waals surface area contributed by atoms with Gasteiger partial charge in [-0.2, -0.15) is 0 Å². The summed E-state index contributed by atoms with van der Waals surface area (Å²) in [6.45, 7) is 12.7. The molecule has 3 heterocycles. The SMILES string of the molecule is CCC(C)C1CC(=O)N(CCc2cc(CCN3C(=O)CC(C(C)C)C3=O)cc(CCN3C(=O)CC(C(C)C)C3=O)c2)C1=O. The molecule has 0 saturated carbocycles. The maximum absolute atomic E-state index is 13.0. The Morgan fingerprint density at radius 1 is 0.558 bits per heavy atom. The lowest BCUT2D eigenvalue weighted by molar-refractivity contribution is -0.141. The number of likely N-dealkylation sites (tertiary alicyclic amines) is 3. The number of amides is 6. The van der Waals surface area contributed by atoms with Crippen molar-refractivity contribution in [2.45, 2.75) is 86.5 Å². The second-order valence-electron chi connectivity index (χ2n) is 13.4. The monoisotopic (exact) mass is 593 g/mol. The standard InChI is InChI=1S/C34H47N3O6/c1-7-22(6)28-19-31(40)37(34(28)43)13-10-25-15-23(8-11-35-29(38)17-26(20(2)3)32(35)41)14-24(16-25)9-12-36-30(39)18-27(21(4)5)33(36)42/h14-16,20-22,26-28H,7-13,17-19H2,1-6H3. The van der Waals surface area contributed by atoms with Gasteiger partial charge in [0.2, 0.25) is 35.4 Å². The first-order valence-electron chi connectivity index (χ1n) is 16.0. The molecule has 4 atom stereocenters. The lowest BCUT2D eigenvalue weighted by atomic mass is 9.90. The predicted molar refractivity (Wildman–Crippen MR) is 161 cm³/mol. The third-order valence-corrected chi connectivity index (χ3v) is 9.76. The molecular weight excluding hydrogens is 546 g/mol. The minimum atomic E-state index is -0.283. The van der Waals surface area contributed by atoms with Crippen molar-refractivity contribution in [3.05, 3.63) is 34.9 Å². The van der Waals surface area contributed by atoms with E-state index in [0.29, 0.717) is 19.3 Å². The van der Waals surface area contributed by atoms with Crippen molar-refractivity contribution in [1.29, 1.82) is 0 Å². The van der Waals surface area contributed by atoms with E-state index in [2.05, 4.69) is 0 Å². The number of rotatable bonds is 13. The Morgan fingerprint density at radius 3 is 1.14 bits per heavy atom. The number of benzene rings is 1. The Labute approximate surface area is 255 Å². The van der Waals surface area contributed by atoms with Crippen molar-refractivity contribution in [3.8, 4) is 0 Å². The second kappa shape index (κ2) is 13.5. The van der Waals surface area contributed by atoms with Crippen LogP contribution in [0.25, 0.3) is 0 Å². The van der Waals surface area contributed by atoms with Crippen LogP contribution in [0.3, 0.4) is 0 Å². The van der Waals surface area contributed by atoms with Crippen LogP contribution in [0.2, 0.25) is 0 Å². The molecule has 234 valence electrons. The van der Waals surface area contributed by atoms with E-state index in [1.807, 2.05) is 59.7 Å². The average Bonchev–Trinajstić information content (AvgIpc) is 3.53. The van der Waals surface area contributed by atoms with Gasteiger partial charge in [-0.15, -0.1) is 0 Å². The number of imide groups is 3. The number of carbonyl (C=O) groups excluding carboxylic acids is 6. The summed E-state index contributed by atoms with van der Waals surface area (Å²) in [4.78, 5) is 80.8. The first-order valence-corrected chi connectivity index (χ1v) is 16.0. The third kappa shape index (κ3) is 7.07. The van der Waals surface area contributed by atoms with Crippen LogP contribution in [0.1, 0.15) is 83.9 Å². The minimum absolute atomic E-state index is 0.0959. The summed E-state index contributed by atoms with van der Waals surface area (Å²) in [5.41, 5.74) is 2.78. The predicted octanol–water partition coefficient (Wildman–Crippen LogP) is 3.80. The van der Waals surface area contributed by atoms with Crippen molar-refractivity contribution in [3.63, 3.8) is 0 Å². The fourth-order valence-corrected chi connectivity index (χ4v) is 6.60. The molecule has 3 aliphatic heterocycles. The van der Waals surface area contributed by atoms with E-state index in [1.165, 1.54) is 14.7 Å². The highest BCUT2D eigenvalue weighted by Crippen LogP contribution is 2.30. The maximum Gasteiger partial charge on any atom is 0.233 e. The van der Waals surface area contributed by atoms with Gasteiger partial charge in [-0.05, 0) is 53.7 Å². The molecular formula is C34H47N3O6. The lowest BCUT2D eigenvalue weighted by Gasteiger charge is -2.20. The highest BCUT2D eigenvalue weighted by Gasteiger charge is 2.42. The molecule has 0 radical (unpaired) electrons. The average molecular weight is 594 g/mol. The Kier molecular flexibility index (Phi) is 10.2. The van der Waals surface area contributed by atoms with Crippen LogP contribution >= 0.6 is 0 Å². The van der Waals surface area contributed by atoms with Crippen LogP contribution in [-0.4, -0.2) is 69.8 Å². The topological polar surface area (TPSA) is 112 Å². The maximum atomic E-state index is 13.0. The molecule has 9 nitrogen and oxygen atoms in total. The van der Waals surface area contributed by atoms with Crippen LogP contribution in [0, 0.1) is 35.5 Å². The normalized spacial score (nSPS) is 23.7. The molecule has 1 aromatic carbocycles. The summed E-state index contributed by atoms with van der Waals surface area (Å²) in [6.07, 6.45) is 2.99. The van der Waals surface area contributed by atoms with Gasteiger partial charge in [0.05, 0.1) is 0 Å². The van der Waals surface area contributed by atoms with E-state index >= 15 is 0 Å². The van der Waals surface area contributed by atoms with E-state index in [4.69, 9.17) is 0 Å². The Bertz CT molecular complexity index is 1220. The van der Waals surface area contributed by atoms with Crippen molar-refractivity contribution in [2.24, 2.45) is 35.5 Å². The van der Waals surface area contributed by atoms with E-state index < -0.39 is 0 Å². The zero-order valence-corrected chi connectivity index (χ0v) is 26.6. The van der Waals surface area contributed by atoms with Gasteiger partial charge in [0, 0.05) is 56.7 Å². The quantitative estimate of drug-likeness (QED) is 0.322. The van der Waals surface area contributed by atoms with E-state index in [-0.39, 0.29) is 110 Å². The molecule has 3 aliphatic rings. The summed E-state index contributed by atoms with van der Waals surface area (Å²) in [7, 11) is 0. The van der Waals surface area contributed by atoms with Crippen LogP contribution in [0.5, 0.6) is 0 Å². The molecule has 0 N–H and O–H groups in total. The van der Waals surface area contributed by atoms with Crippen molar-refractivity contribution < 1.29 is 28.8 Å². The van der Waals surface area contributed by atoms with Crippen LogP contribution in [-0.2, 0) is 48.0 Å². The van der Waals surface area contributed by atoms with Crippen molar-refractivity contribution in [1.82, 2.24) is 14.7 Å². The molecule has 0 aliphatic carbocycles. The fraction of sp³-hybridized carbons (Fsp3) is 0.647. The number of hydrogen-bond donors (Lipinski definition) is 0. The Balaban J connectivity index is 1.50. The summed E-state index contributed by atoms with van der Waals surface area (Å²) in [5.74, 6) is -1.27. The van der Waals surface area contributed by atoms with Crippen LogP contribution in [0.15, 0.2) is 18.2 Å². The van der Waals surface area contributed by atoms with Gasteiger partial charge in [-0.3, -0.25) is 43.5 Å². The third-order valence-electron chi connectivity index (χ3n) is 9.76. The van der Waals surface area contributed by atoms with Gasteiger partial charge < -0.3 is 0 Å². The highest BCUT2D eigenvalue weighted by molar-refractivity contribution is 6.04. The van der Waals surface area contributed by atoms with Gasteiger partial charge in [0.25, 0.3) is 0 Å². The fourth-order valence-electron chi connectivity index (χ4n) is 6.60. The Morgan fingerprint density at radius 2 is 0.860 bits per heavy atom. The van der Waals surface area contributed by atoms with Crippen LogP contribution < -0.4 is 0 Å². The van der Waals surface area contributed by atoms with E-state index in [0.717, 1.165) is 23.1 Å². The zero-order chi connectivity index (χ0) is 31.6. The first kappa shape index (κ1) is 32.6. The summed E-state index contributed by atoms with van der Waals surface area (Å²) < 4.78 is 0. The molecule has 0 spiro atoms. The molecule has 4 rings (SSSR count). The number of nitrogens with zero attached hydrogens (tertiary/aromatic N) is 3. The van der Waals surface area contributed by atoms with E-state index in [1.54, 1.807) is 0 Å². The molecule has 3 saturated heterocycles. The first-order chi connectivity index (χ1) is 20.3. The summed E-state index contributed by atoms with van der Waals surface area (Å²) in [5, 5.41) is 0. The lowest BCUT2D eigenvalue weighted by Crippen LogP contribution is -2.34. The second-order valence-corrected chi connectivity index (χ2v) is 13.4. The molecule has 6 amide bonds. The molecule has 0 aromatic heterocycles. The van der Waals surface area contributed by atoms with Crippen molar-refractivity contribution in [2.75, 3.05) is 19.6 Å². The summed E-state index contributed by atoms with van der Waals surface area (Å²) in [6, 6.07) is 6.02. The molecule has 43 heavy (non-hydrogen) atoms. The smallest absolute Gasteiger partial charge is 0.233 e. The highest BCUT2D eigenvalue weighted by atomic mass is 16.2. The van der Waals surface area contributed by atoms with Gasteiger partial charge in [0.1, 0.15) is 0 Å². The number of carbonyl (C=O) groups is 6. The molecule has 4 unspecified atom stereocenters. The van der Waals surface area contributed by atoms with E-state index in [9.17, 15) is 28.8 Å². The van der Waals surface area contributed by atoms with Gasteiger partial charge >= 0.3 is 0 Å². The van der Waals surface area contributed by atoms with Crippen LogP contribution in [0.4, 0.5) is 0 Å². The van der Waals surface area contributed by atoms with Gasteiger partial charge in [-0.1, -0.05) is 66.2 Å².